The van der Waals surface area contributed by atoms with Crippen molar-refractivity contribution < 1.29 is 19.2 Å². The van der Waals surface area contributed by atoms with Crippen molar-refractivity contribution in [1.29, 1.82) is 5.26 Å². The van der Waals surface area contributed by atoms with Gasteiger partial charge in [-0.2, -0.15) is 5.26 Å². The lowest BCUT2D eigenvalue weighted by Crippen LogP contribution is -2.20. The molecule has 8 heteroatoms. The zero-order valence-corrected chi connectivity index (χ0v) is 14.5. The van der Waals surface area contributed by atoms with E-state index in [2.05, 4.69) is 5.32 Å². The van der Waals surface area contributed by atoms with Crippen molar-refractivity contribution in [3.8, 4) is 17.6 Å². The van der Waals surface area contributed by atoms with Gasteiger partial charge in [0.2, 0.25) is 5.91 Å². The third kappa shape index (κ3) is 5.57. The second kappa shape index (κ2) is 9.58. The van der Waals surface area contributed by atoms with E-state index >= 15 is 0 Å². The summed E-state index contributed by atoms with van der Waals surface area (Å²) in [7, 11) is 1.47. The van der Waals surface area contributed by atoms with Crippen LogP contribution in [0.4, 0.5) is 5.69 Å². The van der Waals surface area contributed by atoms with Crippen molar-refractivity contribution in [2.75, 3.05) is 13.7 Å². The highest BCUT2D eigenvalue weighted by Gasteiger charge is 2.12. The van der Waals surface area contributed by atoms with Crippen LogP contribution in [0.25, 0.3) is 6.08 Å². The third-order valence-electron chi connectivity index (χ3n) is 3.55. The van der Waals surface area contributed by atoms with Crippen LogP contribution in [0.5, 0.6) is 11.5 Å². The second-order valence-corrected chi connectivity index (χ2v) is 5.29. The summed E-state index contributed by atoms with van der Waals surface area (Å²) in [6, 6.07) is 13.1. The molecule has 8 nitrogen and oxygen atoms in total. The molecule has 0 heterocycles. The average Bonchev–Trinajstić information content (AvgIpc) is 2.69. The zero-order chi connectivity index (χ0) is 19.6. The van der Waals surface area contributed by atoms with Crippen molar-refractivity contribution in [2.24, 2.45) is 0 Å². The molecule has 0 spiro atoms. The minimum absolute atomic E-state index is 0.0422. The fraction of sp³-hybridized carbons (Fsp3) is 0.158. The SMILES string of the molecule is COc1cc(C=CC(=O)NCc2ccccc2[N+](=O)[O-])ccc1OCC#N. The number of ether oxygens (including phenoxy) is 2. The van der Waals surface area contributed by atoms with Gasteiger partial charge < -0.3 is 14.8 Å². The van der Waals surface area contributed by atoms with Gasteiger partial charge in [-0.05, 0) is 23.8 Å². The van der Waals surface area contributed by atoms with Gasteiger partial charge in [0.05, 0.1) is 12.0 Å². The number of nitrogens with one attached hydrogen (secondary N) is 1. The van der Waals surface area contributed by atoms with E-state index in [4.69, 9.17) is 14.7 Å². The van der Waals surface area contributed by atoms with E-state index in [0.717, 1.165) is 0 Å². The van der Waals surface area contributed by atoms with Crippen LogP contribution in [0.1, 0.15) is 11.1 Å². The predicted octanol–water partition coefficient (Wildman–Crippen LogP) is 2.84. The lowest BCUT2D eigenvalue weighted by molar-refractivity contribution is -0.385. The monoisotopic (exact) mass is 367 g/mol. The fourth-order valence-corrected chi connectivity index (χ4v) is 2.27. The summed E-state index contributed by atoms with van der Waals surface area (Å²) in [5.41, 5.74) is 1.07. The maximum atomic E-state index is 12.0. The number of nitro benzene ring substituents is 1. The molecule has 0 saturated heterocycles. The number of methoxy groups -OCH3 is 1. The first-order valence-corrected chi connectivity index (χ1v) is 7.91. The standard InChI is InChI=1S/C19H17N3O5/c1-26-18-12-14(6-8-17(18)27-11-10-20)7-9-19(23)21-13-15-4-2-3-5-16(15)22(24)25/h2-9,12H,11,13H2,1H3,(H,21,23). The van der Waals surface area contributed by atoms with E-state index in [9.17, 15) is 14.9 Å². The molecule has 1 N–H and O–H groups in total. The molecule has 2 aromatic rings. The number of nitrogens with zero attached hydrogens (tertiary/aromatic N) is 2. The summed E-state index contributed by atoms with van der Waals surface area (Å²) >= 11 is 0. The van der Waals surface area contributed by atoms with Crippen molar-refractivity contribution in [3.63, 3.8) is 0 Å². The van der Waals surface area contributed by atoms with Crippen LogP contribution in [0, 0.1) is 21.4 Å². The Bertz CT molecular complexity index is 902. The molecular formula is C19H17N3O5. The van der Waals surface area contributed by atoms with Crippen LogP contribution in [0.15, 0.2) is 48.5 Å². The zero-order valence-electron chi connectivity index (χ0n) is 14.5. The highest BCUT2D eigenvalue weighted by Crippen LogP contribution is 2.28. The summed E-state index contributed by atoms with van der Waals surface area (Å²) in [4.78, 5) is 22.5. The second-order valence-electron chi connectivity index (χ2n) is 5.29. The lowest BCUT2D eigenvalue weighted by Gasteiger charge is -2.08. The van der Waals surface area contributed by atoms with Crippen molar-refractivity contribution >= 4 is 17.7 Å². The molecule has 0 atom stereocenters. The molecule has 0 aliphatic rings. The van der Waals surface area contributed by atoms with Gasteiger partial charge in [-0.3, -0.25) is 14.9 Å². The van der Waals surface area contributed by atoms with E-state index in [-0.39, 0.29) is 18.8 Å². The first kappa shape index (κ1) is 19.5. The van der Waals surface area contributed by atoms with E-state index in [1.165, 1.54) is 19.3 Å². The quantitative estimate of drug-likeness (QED) is 0.436. The Labute approximate surface area is 155 Å². The summed E-state index contributed by atoms with van der Waals surface area (Å²) < 4.78 is 10.4. The topological polar surface area (TPSA) is 114 Å². The molecule has 0 fully saturated rings. The fourth-order valence-electron chi connectivity index (χ4n) is 2.27. The summed E-state index contributed by atoms with van der Waals surface area (Å²) in [6.07, 6.45) is 2.89. The minimum atomic E-state index is -0.487. The van der Waals surface area contributed by atoms with Crippen LogP contribution in [-0.4, -0.2) is 24.5 Å². The average molecular weight is 367 g/mol. The Morgan fingerprint density at radius 1 is 1.30 bits per heavy atom. The molecule has 0 aliphatic carbocycles. The molecule has 1 amide bonds. The van der Waals surface area contributed by atoms with Gasteiger partial charge in [-0.25, -0.2) is 0 Å². The Balaban J connectivity index is 2.01. The molecule has 0 aliphatic heterocycles. The van der Waals surface area contributed by atoms with Gasteiger partial charge in [0, 0.05) is 24.3 Å². The van der Waals surface area contributed by atoms with E-state index in [0.29, 0.717) is 22.6 Å². The van der Waals surface area contributed by atoms with E-state index in [1.54, 1.807) is 42.5 Å². The molecule has 138 valence electrons. The third-order valence-corrected chi connectivity index (χ3v) is 3.55. The molecule has 2 rings (SSSR count). The smallest absolute Gasteiger partial charge is 0.274 e. The van der Waals surface area contributed by atoms with Crippen LogP contribution in [0.2, 0.25) is 0 Å². The molecule has 0 bridgehead atoms. The van der Waals surface area contributed by atoms with E-state index < -0.39 is 10.8 Å². The van der Waals surface area contributed by atoms with Crippen molar-refractivity contribution in [3.05, 3.63) is 69.8 Å². The molecule has 0 unspecified atom stereocenters. The van der Waals surface area contributed by atoms with Crippen LogP contribution < -0.4 is 14.8 Å². The maximum Gasteiger partial charge on any atom is 0.274 e. The van der Waals surface area contributed by atoms with Gasteiger partial charge >= 0.3 is 0 Å². The summed E-state index contributed by atoms with van der Waals surface area (Å²) in [5, 5.41) is 22.1. The summed E-state index contributed by atoms with van der Waals surface area (Å²) in [5.74, 6) is 0.474. The number of nitriles is 1. The number of carbonyl (C=O) groups is 1. The molecular weight excluding hydrogens is 350 g/mol. The normalized spacial score (nSPS) is 10.2. The largest absolute Gasteiger partial charge is 0.493 e. The minimum Gasteiger partial charge on any atom is -0.493 e. The lowest BCUT2D eigenvalue weighted by atomic mass is 10.1. The van der Waals surface area contributed by atoms with Gasteiger partial charge in [-0.15, -0.1) is 0 Å². The van der Waals surface area contributed by atoms with Gasteiger partial charge in [0.15, 0.2) is 18.1 Å². The number of carbonyl (C=O) groups excluding carboxylic acids is 1. The highest BCUT2D eigenvalue weighted by atomic mass is 16.6. The maximum absolute atomic E-state index is 12.0. The first-order valence-electron chi connectivity index (χ1n) is 7.91. The highest BCUT2D eigenvalue weighted by molar-refractivity contribution is 5.91. The Kier molecular flexibility index (Phi) is 6.91. The Morgan fingerprint density at radius 3 is 2.78 bits per heavy atom. The van der Waals surface area contributed by atoms with Gasteiger partial charge in [0.1, 0.15) is 6.07 Å². The van der Waals surface area contributed by atoms with Gasteiger partial charge in [-0.1, -0.05) is 24.3 Å². The van der Waals surface area contributed by atoms with E-state index in [1.807, 2.05) is 6.07 Å². The number of hydrogen-bond donors (Lipinski definition) is 1. The summed E-state index contributed by atoms with van der Waals surface area (Å²) in [6.45, 7) is -0.0514. The predicted molar refractivity (Wildman–Crippen MR) is 98.1 cm³/mol. The number of rotatable bonds is 8. The number of benzene rings is 2. The number of amides is 1. The van der Waals surface area contributed by atoms with Crippen molar-refractivity contribution in [2.45, 2.75) is 6.54 Å². The van der Waals surface area contributed by atoms with Crippen LogP contribution in [0.3, 0.4) is 0 Å². The molecule has 0 radical (unpaired) electrons. The first-order chi connectivity index (χ1) is 13.0. The molecule has 0 aromatic heterocycles. The number of nitro groups is 1. The van der Waals surface area contributed by atoms with Crippen LogP contribution >= 0.6 is 0 Å². The molecule has 27 heavy (non-hydrogen) atoms. The van der Waals surface area contributed by atoms with Crippen LogP contribution in [-0.2, 0) is 11.3 Å². The molecule has 0 saturated carbocycles. The number of para-hydroxylation sites is 1. The Morgan fingerprint density at radius 2 is 2.07 bits per heavy atom. The van der Waals surface area contributed by atoms with Crippen molar-refractivity contribution in [1.82, 2.24) is 5.32 Å². The van der Waals surface area contributed by atoms with Gasteiger partial charge in [0.25, 0.3) is 5.69 Å². The number of hydrogen-bond acceptors (Lipinski definition) is 6. The molecule has 2 aromatic carbocycles. The Hall–Kier alpha value is -3.86.